The summed E-state index contributed by atoms with van der Waals surface area (Å²) in [5.74, 6) is -1.23. The maximum Gasteiger partial charge on any atom is 0.313 e. The second-order valence-corrected chi connectivity index (χ2v) is 8.35. The van der Waals surface area contributed by atoms with Crippen molar-refractivity contribution in [3.63, 3.8) is 0 Å². The van der Waals surface area contributed by atoms with Gasteiger partial charge in [0, 0.05) is 31.5 Å². The molecular formula is C24H30N4O2. The number of aryl methyl sites for hydroxylation is 1. The lowest BCUT2D eigenvalue weighted by atomic mass is 10.0. The SMILES string of the molecule is Cc1ccc(NC(=O)C(=O)NC[C@H](c2ccc3c(c2)CCN3C)N2CCCC2)cc1. The molecule has 1 saturated heterocycles. The molecule has 2 aliphatic heterocycles. The topological polar surface area (TPSA) is 64.7 Å². The molecule has 2 heterocycles. The van der Waals surface area contributed by atoms with Crippen molar-refractivity contribution in [3.8, 4) is 0 Å². The molecule has 1 atom stereocenters. The predicted molar refractivity (Wildman–Crippen MR) is 120 cm³/mol. The van der Waals surface area contributed by atoms with Gasteiger partial charge in [0.05, 0.1) is 6.04 Å². The number of hydrogen-bond acceptors (Lipinski definition) is 4. The molecule has 2 amide bonds. The van der Waals surface area contributed by atoms with Gasteiger partial charge >= 0.3 is 11.8 Å². The molecular weight excluding hydrogens is 376 g/mol. The molecule has 0 unspecified atom stereocenters. The number of nitrogens with zero attached hydrogens (tertiary/aromatic N) is 2. The number of rotatable bonds is 5. The standard InChI is InChI=1S/C24H30N4O2/c1-17-5-8-20(9-6-17)26-24(30)23(29)25-16-22(28-12-3-4-13-28)18-7-10-21-19(15-18)11-14-27(21)2/h5-10,15,22H,3-4,11-14,16H2,1-2H3,(H,25,29)(H,26,30)/t22-/m1/s1. The Morgan fingerprint density at radius 3 is 2.47 bits per heavy atom. The molecule has 2 N–H and O–H groups in total. The molecule has 0 spiro atoms. The quantitative estimate of drug-likeness (QED) is 0.750. The zero-order valence-electron chi connectivity index (χ0n) is 17.8. The molecule has 4 rings (SSSR count). The first-order valence-corrected chi connectivity index (χ1v) is 10.7. The van der Waals surface area contributed by atoms with Crippen LogP contribution in [0.5, 0.6) is 0 Å². The molecule has 1 fully saturated rings. The number of fused-ring (bicyclic) bond motifs is 1. The fourth-order valence-corrected chi connectivity index (χ4v) is 4.40. The lowest BCUT2D eigenvalue weighted by Crippen LogP contribution is -2.41. The molecule has 0 bridgehead atoms. The highest BCUT2D eigenvalue weighted by molar-refractivity contribution is 6.39. The molecule has 6 heteroatoms. The fourth-order valence-electron chi connectivity index (χ4n) is 4.40. The van der Waals surface area contributed by atoms with E-state index in [2.05, 4.69) is 45.7 Å². The van der Waals surface area contributed by atoms with E-state index in [9.17, 15) is 9.59 Å². The van der Waals surface area contributed by atoms with E-state index in [4.69, 9.17) is 0 Å². The van der Waals surface area contributed by atoms with E-state index in [1.165, 1.54) is 29.7 Å². The first kappa shape index (κ1) is 20.4. The third-order valence-electron chi connectivity index (χ3n) is 6.17. The lowest BCUT2D eigenvalue weighted by molar-refractivity contribution is -0.136. The van der Waals surface area contributed by atoms with Gasteiger partial charge in [0.15, 0.2) is 0 Å². The molecule has 0 saturated carbocycles. The van der Waals surface area contributed by atoms with Crippen LogP contribution in [-0.2, 0) is 16.0 Å². The molecule has 0 radical (unpaired) electrons. The Hall–Kier alpha value is -2.86. The number of benzene rings is 2. The normalized spacial score (nSPS) is 16.9. The number of carbonyl (C=O) groups excluding carboxylic acids is 2. The predicted octanol–water partition coefficient (Wildman–Crippen LogP) is 2.88. The van der Waals surface area contributed by atoms with Crippen molar-refractivity contribution in [2.45, 2.75) is 32.2 Å². The van der Waals surface area contributed by atoms with Gasteiger partial charge in [-0.05, 0) is 68.6 Å². The minimum absolute atomic E-state index is 0.0832. The highest BCUT2D eigenvalue weighted by Crippen LogP contribution is 2.32. The van der Waals surface area contributed by atoms with E-state index in [1.807, 2.05) is 19.1 Å². The largest absolute Gasteiger partial charge is 0.374 e. The average Bonchev–Trinajstić information content (AvgIpc) is 3.40. The van der Waals surface area contributed by atoms with E-state index in [1.54, 1.807) is 12.1 Å². The summed E-state index contributed by atoms with van der Waals surface area (Å²) in [5.41, 5.74) is 5.60. The Balaban J connectivity index is 1.43. The smallest absolute Gasteiger partial charge is 0.313 e. The zero-order chi connectivity index (χ0) is 21.1. The van der Waals surface area contributed by atoms with E-state index < -0.39 is 11.8 Å². The van der Waals surface area contributed by atoms with E-state index in [0.29, 0.717) is 12.2 Å². The van der Waals surface area contributed by atoms with E-state index >= 15 is 0 Å². The second kappa shape index (κ2) is 8.88. The Kier molecular flexibility index (Phi) is 6.04. The van der Waals surface area contributed by atoms with Gasteiger partial charge < -0.3 is 15.5 Å². The van der Waals surface area contributed by atoms with Crippen molar-refractivity contribution in [1.82, 2.24) is 10.2 Å². The van der Waals surface area contributed by atoms with Gasteiger partial charge in [0.1, 0.15) is 0 Å². The van der Waals surface area contributed by atoms with Crippen LogP contribution in [0.15, 0.2) is 42.5 Å². The first-order valence-electron chi connectivity index (χ1n) is 10.7. The minimum atomic E-state index is -0.630. The van der Waals surface area contributed by atoms with Gasteiger partial charge in [-0.25, -0.2) is 0 Å². The molecule has 0 aromatic heterocycles. The van der Waals surface area contributed by atoms with Crippen LogP contribution in [0.4, 0.5) is 11.4 Å². The summed E-state index contributed by atoms with van der Waals surface area (Å²) in [6, 6.07) is 14.1. The van der Waals surface area contributed by atoms with Crippen LogP contribution in [0, 0.1) is 6.92 Å². The Morgan fingerprint density at radius 2 is 1.73 bits per heavy atom. The van der Waals surface area contributed by atoms with E-state index in [-0.39, 0.29) is 6.04 Å². The van der Waals surface area contributed by atoms with Gasteiger partial charge in [-0.15, -0.1) is 0 Å². The fraction of sp³-hybridized carbons (Fsp3) is 0.417. The highest BCUT2D eigenvalue weighted by atomic mass is 16.2. The molecule has 2 aromatic rings. The van der Waals surface area contributed by atoms with Crippen molar-refractivity contribution in [2.24, 2.45) is 0 Å². The summed E-state index contributed by atoms with van der Waals surface area (Å²) in [7, 11) is 2.12. The third-order valence-corrected chi connectivity index (χ3v) is 6.17. The maximum absolute atomic E-state index is 12.4. The maximum atomic E-state index is 12.4. The first-order chi connectivity index (χ1) is 14.5. The number of likely N-dealkylation sites (tertiary alicyclic amines) is 1. The van der Waals surface area contributed by atoms with Gasteiger partial charge in [-0.1, -0.05) is 29.8 Å². The summed E-state index contributed by atoms with van der Waals surface area (Å²) >= 11 is 0. The Labute approximate surface area is 178 Å². The van der Waals surface area contributed by atoms with Crippen molar-refractivity contribution in [2.75, 3.05) is 43.4 Å². The number of nitrogens with one attached hydrogen (secondary N) is 2. The summed E-state index contributed by atoms with van der Waals surface area (Å²) in [6.07, 6.45) is 3.40. The van der Waals surface area contributed by atoms with Crippen LogP contribution in [0.1, 0.15) is 35.6 Å². The summed E-state index contributed by atoms with van der Waals surface area (Å²) in [4.78, 5) is 29.5. The van der Waals surface area contributed by atoms with Crippen LogP contribution in [0.25, 0.3) is 0 Å². The molecule has 6 nitrogen and oxygen atoms in total. The number of carbonyl (C=O) groups is 2. The van der Waals surface area contributed by atoms with Gasteiger partial charge in [-0.2, -0.15) is 0 Å². The molecule has 30 heavy (non-hydrogen) atoms. The molecule has 0 aliphatic carbocycles. The van der Waals surface area contributed by atoms with Crippen LogP contribution in [0.2, 0.25) is 0 Å². The van der Waals surface area contributed by atoms with Crippen molar-refractivity contribution in [3.05, 3.63) is 59.2 Å². The van der Waals surface area contributed by atoms with Gasteiger partial charge in [0.25, 0.3) is 0 Å². The second-order valence-electron chi connectivity index (χ2n) is 8.35. The summed E-state index contributed by atoms with van der Waals surface area (Å²) in [5, 5.41) is 5.53. The van der Waals surface area contributed by atoms with Crippen LogP contribution in [0.3, 0.4) is 0 Å². The van der Waals surface area contributed by atoms with Crippen LogP contribution < -0.4 is 15.5 Å². The van der Waals surface area contributed by atoms with Crippen LogP contribution >= 0.6 is 0 Å². The Morgan fingerprint density at radius 1 is 1.00 bits per heavy atom. The van der Waals surface area contributed by atoms with Crippen molar-refractivity contribution >= 4 is 23.2 Å². The van der Waals surface area contributed by atoms with Crippen molar-refractivity contribution < 1.29 is 9.59 Å². The molecule has 158 valence electrons. The van der Waals surface area contributed by atoms with Gasteiger partial charge in [0.2, 0.25) is 0 Å². The monoisotopic (exact) mass is 406 g/mol. The number of likely N-dealkylation sites (N-methyl/N-ethyl adjacent to an activating group) is 1. The zero-order valence-corrected chi connectivity index (χ0v) is 17.8. The van der Waals surface area contributed by atoms with E-state index in [0.717, 1.165) is 31.6 Å². The number of hydrogen-bond donors (Lipinski definition) is 2. The average molecular weight is 407 g/mol. The Bertz CT molecular complexity index is 919. The van der Waals surface area contributed by atoms with Gasteiger partial charge in [-0.3, -0.25) is 14.5 Å². The third kappa shape index (κ3) is 4.49. The summed E-state index contributed by atoms with van der Waals surface area (Å²) in [6.45, 7) is 5.49. The van der Waals surface area contributed by atoms with Crippen molar-refractivity contribution in [1.29, 1.82) is 0 Å². The lowest BCUT2D eigenvalue weighted by Gasteiger charge is -2.28. The summed E-state index contributed by atoms with van der Waals surface area (Å²) < 4.78 is 0. The minimum Gasteiger partial charge on any atom is -0.374 e. The number of anilines is 2. The number of amides is 2. The highest BCUT2D eigenvalue weighted by Gasteiger charge is 2.27. The van der Waals surface area contributed by atoms with Crippen LogP contribution in [-0.4, -0.2) is 49.9 Å². The molecule has 2 aliphatic rings. The molecule has 2 aromatic carbocycles.